The molecule has 1 aromatic heterocycles. The Bertz CT molecular complexity index is 1340. The molecule has 3 aromatic rings. The molecule has 0 saturated carbocycles. The second-order valence-corrected chi connectivity index (χ2v) is 10.9. The minimum atomic E-state index is -3.68. The normalized spacial score (nSPS) is 11.7. The van der Waals surface area contributed by atoms with Crippen molar-refractivity contribution < 1.29 is 13.2 Å². The van der Waals surface area contributed by atoms with Crippen molar-refractivity contribution in [3.63, 3.8) is 0 Å². The van der Waals surface area contributed by atoms with E-state index in [4.69, 9.17) is 23.2 Å². The van der Waals surface area contributed by atoms with Gasteiger partial charge in [-0.2, -0.15) is 5.10 Å². The van der Waals surface area contributed by atoms with Crippen LogP contribution in [0.25, 0.3) is 5.69 Å². The van der Waals surface area contributed by atoms with E-state index >= 15 is 0 Å². The van der Waals surface area contributed by atoms with Crippen molar-refractivity contribution in [3.8, 4) is 5.69 Å². The van der Waals surface area contributed by atoms with Crippen molar-refractivity contribution in [1.29, 1.82) is 0 Å². The van der Waals surface area contributed by atoms with Crippen LogP contribution >= 0.6 is 39.1 Å². The summed E-state index contributed by atoms with van der Waals surface area (Å²) >= 11 is 15.8. The molecule has 0 aliphatic heterocycles. The fourth-order valence-electron chi connectivity index (χ4n) is 3.33. The minimum Gasteiger partial charge on any atom is -0.316 e. The molecular formula is C22H21BrCl2N4O3S. The van der Waals surface area contributed by atoms with Gasteiger partial charge in [-0.3, -0.25) is 9.10 Å². The number of hydrogen-bond donors (Lipinski definition) is 1. The summed E-state index contributed by atoms with van der Waals surface area (Å²) in [6.45, 7) is 3.40. The molecule has 2 aromatic carbocycles. The number of sulfonamides is 1. The van der Waals surface area contributed by atoms with Crippen LogP contribution < -0.4 is 9.73 Å². The van der Waals surface area contributed by atoms with Gasteiger partial charge in [0.15, 0.2) is 0 Å². The van der Waals surface area contributed by atoms with E-state index < -0.39 is 22.5 Å². The zero-order valence-corrected chi connectivity index (χ0v) is 21.9. The summed E-state index contributed by atoms with van der Waals surface area (Å²) in [7, 11) is -3.68. The average molecular weight is 572 g/mol. The van der Waals surface area contributed by atoms with Crippen LogP contribution in [0.15, 0.2) is 58.1 Å². The highest BCUT2D eigenvalue weighted by Crippen LogP contribution is 2.31. The number of halogens is 3. The van der Waals surface area contributed by atoms with E-state index in [0.29, 0.717) is 20.2 Å². The number of benzene rings is 2. The number of carbonyl (C=O) groups is 1. The van der Waals surface area contributed by atoms with Crippen LogP contribution in [0, 0.1) is 13.8 Å². The van der Waals surface area contributed by atoms with Crippen molar-refractivity contribution in [3.05, 3.63) is 80.0 Å². The summed E-state index contributed by atoms with van der Waals surface area (Å²) < 4.78 is 28.1. The van der Waals surface area contributed by atoms with Crippen molar-refractivity contribution in [1.82, 2.24) is 9.99 Å². The Kier molecular flexibility index (Phi) is 7.89. The number of aryl methyl sites for hydroxylation is 1. The molecule has 33 heavy (non-hydrogen) atoms. The molecule has 1 N–H and O–H groups in total. The third-order valence-electron chi connectivity index (χ3n) is 4.82. The largest absolute Gasteiger partial charge is 0.316 e. The lowest BCUT2D eigenvalue weighted by Gasteiger charge is -2.21. The molecule has 0 radical (unpaired) electrons. The van der Waals surface area contributed by atoms with Crippen molar-refractivity contribution >= 4 is 67.0 Å². The van der Waals surface area contributed by atoms with Crippen LogP contribution in [0.3, 0.4) is 0 Å². The smallest absolute Gasteiger partial charge is 0.260 e. The number of nitrogens with zero attached hydrogens (tertiary/aromatic N) is 3. The number of nitrogens with one attached hydrogen (secondary N) is 1. The molecule has 0 saturated heterocycles. The standard InChI is InChI=1S/C22H21BrCl2N4O3S/c1-14-10-16(15(2)29(14)20-9-5-8-19(24)22(20)25)12-26-27-21(30)13-28(33(3,31)32)18-7-4-6-17(23)11-18/h4-12H,13H2,1-3H3,(H,27,30)/b26-12-. The Morgan fingerprint density at radius 2 is 1.88 bits per heavy atom. The van der Waals surface area contributed by atoms with Crippen LogP contribution in [0.2, 0.25) is 10.0 Å². The Labute approximate surface area is 211 Å². The molecule has 0 bridgehead atoms. The number of carbonyl (C=O) groups excluding carboxylic acids is 1. The van der Waals surface area contributed by atoms with E-state index in [1.165, 1.54) is 6.21 Å². The van der Waals surface area contributed by atoms with E-state index in [0.717, 1.165) is 33.2 Å². The molecule has 0 fully saturated rings. The lowest BCUT2D eigenvalue weighted by molar-refractivity contribution is -0.119. The maximum absolute atomic E-state index is 12.4. The minimum absolute atomic E-state index is 0.368. The second kappa shape index (κ2) is 10.3. The fourth-order valence-corrected chi connectivity index (χ4v) is 4.94. The molecule has 0 atom stereocenters. The highest BCUT2D eigenvalue weighted by atomic mass is 79.9. The monoisotopic (exact) mass is 570 g/mol. The molecule has 0 aliphatic rings. The van der Waals surface area contributed by atoms with E-state index in [-0.39, 0.29) is 0 Å². The van der Waals surface area contributed by atoms with Gasteiger partial charge in [-0.05, 0) is 50.2 Å². The van der Waals surface area contributed by atoms with Gasteiger partial charge in [0, 0.05) is 21.4 Å². The predicted molar refractivity (Wildman–Crippen MR) is 137 cm³/mol. The summed E-state index contributed by atoms with van der Waals surface area (Å²) in [5, 5.41) is 4.89. The molecule has 3 rings (SSSR count). The lowest BCUT2D eigenvalue weighted by Crippen LogP contribution is -2.39. The number of hydrogen-bond acceptors (Lipinski definition) is 4. The van der Waals surface area contributed by atoms with E-state index in [1.54, 1.807) is 30.3 Å². The Morgan fingerprint density at radius 3 is 2.55 bits per heavy atom. The fraction of sp³-hybridized carbons (Fsp3) is 0.182. The first-order valence-corrected chi connectivity index (χ1v) is 13.1. The molecular weight excluding hydrogens is 551 g/mol. The van der Waals surface area contributed by atoms with Gasteiger partial charge in [0.1, 0.15) is 6.54 Å². The maximum atomic E-state index is 12.4. The number of hydrazone groups is 1. The molecule has 0 aliphatic carbocycles. The first-order valence-electron chi connectivity index (χ1n) is 9.67. The number of amides is 1. The average Bonchev–Trinajstić information content (AvgIpc) is 3.01. The van der Waals surface area contributed by atoms with E-state index in [1.807, 2.05) is 36.6 Å². The van der Waals surface area contributed by atoms with Crippen LogP contribution in [0.5, 0.6) is 0 Å². The first kappa shape index (κ1) is 25.3. The highest BCUT2D eigenvalue weighted by Gasteiger charge is 2.21. The summed E-state index contributed by atoms with van der Waals surface area (Å²) in [4.78, 5) is 12.4. The van der Waals surface area contributed by atoms with Crippen LogP contribution in [-0.2, 0) is 14.8 Å². The van der Waals surface area contributed by atoms with E-state index in [9.17, 15) is 13.2 Å². The van der Waals surface area contributed by atoms with Gasteiger partial charge in [-0.1, -0.05) is 51.3 Å². The molecule has 0 spiro atoms. The summed E-state index contributed by atoms with van der Waals surface area (Å²) in [5.74, 6) is -0.580. The third kappa shape index (κ3) is 5.97. The predicted octanol–water partition coefficient (Wildman–Crippen LogP) is 5.08. The summed E-state index contributed by atoms with van der Waals surface area (Å²) in [6, 6.07) is 14.0. The number of anilines is 1. The zero-order chi connectivity index (χ0) is 24.3. The summed E-state index contributed by atoms with van der Waals surface area (Å²) in [5.41, 5.74) is 6.01. The topological polar surface area (TPSA) is 83.8 Å². The number of rotatable bonds is 7. The van der Waals surface area contributed by atoms with E-state index in [2.05, 4.69) is 26.5 Å². The van der Waals surface area contributed by atoms with Crippen molar-refractivity contribution in [2.45, 2.75) is 13.8 Å². The Balaban J connectivity index is 1.77. The number of aromatic nitrogens is 1. The van der Waals surface area contributed by atoms with Gasteiger partial charge in [0.25, 0.3) is 5.91 Å². The van der Waals surface area contributed by atoms with Gasteiger partial charge in [0.2, 0.25) is 10.0 Å². The quantitative estimate of drug-likeness (QED) is 0.317. The molecule has 7 nitrogen and oxygen atoms in total. The SMILES string of the molecule is Cc1cc(/C=N\NC(=O)CN(c2cccc(Br)c2)S(C)(=O)=O)c(C)n1-c1cccc(Cl)c1Cl. The van der Waals surface area contributed by atoms with Gasteiger partial charge < -0.3 is 4.57 Å². The molecule has 0 unspecified atom stereocenters. The molecule has 1 amide bonds. The van der Waals surface area contributed by atoms with Gasteiger partial charge >= 0.3 is 0 Å². The van der Waals surface area contributed by atoms with Crippen molar-refractivity contribution in [2.24, 2.45) is 5.10 Å². The Morgan fingerprint density at radius 1 is 1.18 bits per heavy atom. The third-order valence-corrected chi connectivity index (χ3v) is 7.26. The van der Waals surface area contributed by atoms with Crippen LogP contribution in [-0.4, -0.2) is 37.9 Å². The second-order valence-electron chi connectivity index (χ2n) is 7.28. The molecule has 174 valence electrons. The summed E-state index contributed by atoms with van der Waals surface area (Å²) in [6.07, 6.45) is 2.54. The van der Waals surface area contributed by atoms with Gasteiger partial charge in [0.05, 0.1) is 33.9 Å². The Hall–Kier alpha value is -2.33. The zero-order valence-electron chi connectivity index (χ0n) is 18.0. The highest BCUT2D eigenvalue weighted by molar-refractivity contribution is 9.10. The molecule has 11 heteroatoms. The van der Waals surface area contributed by atoms with Gasteiger partial charge in [-0.25, -0.2) is 13.8 Å². The van der Waals surface area contributed by atoms with Crippen LogP contribution in [0.4, 0.5) is 5.69 Å². The maximum Gasteiger partial charge on any atom is 0.260 e. The lowest BCUT2D eigenvalue weighted by atomic mass is 10.2. The first-order chi connectivity index (χ1) is 15.5. The van der Waals surface area contributed by atoms with Gasteiger partial charge in [-0.15, -0.1) is 0 Å². The van der Waals surface area contributed by atoms with Crippen molar-refractivity contribution in [2.75, 3.05) is 17.1 Å². The van der Waals surface area contributed by atoms with Crippen LogP contribution in [0.1, 0.15) is 17.0 Å². The molecule has 1 heterocycles.